The number of nitrogens with zero attached hydrogens (tertiary/aromatic N) is 1. The van der Waals surface area contributed by atoms with Gasteiger partial charge in [-0.15, -0.1) is 0 Å². The molecule has 0 aliphatic heterocycles. The number of aromatic nitrogens is 2. The molecule has 106 valence electrons. The fourth-order valence-corrected chi connectivity index (χ4v) is 2.40. The molecule has 0 aliphatic carbocycles. The minimum absolute atomic E-state index is 0.0259. The molecule has 0 aliphatic rings. The normalized spacial score (nSPS) is 10.7. The summed E-state index contributed by atoms with van der Waals surface area (Å²) in [6.45, 7) is 0.494. The number of fused-ring (bicyclic) bond motifs is 1. The van der Waals surface area contributed by atoms with Gasteiger partial charge >= 0.3 is 0 Å². The molecule has 0 atom stereocenters. The van der Waals surface area contributed by atoms with Crippen LogP contribution in [0.4, 0.5) is 0 Å². The van der Waals surface area contributed by atoms with Gasteiger partial charge in [0.2, 0.25) is 5.91 Å². The molecule has 1 heterocycles. The first kappa shape index (κ1) is 13.6. The average molecular weight is 300 g/mol. The van der Waals surface area contributed by atoms with Crippen LogP contribution in [0.3, 0.4) is 0 Å². The zero-order chi connectivity index (χ0) is 14.7. The van der Waals surface area contributed by atoms with Crippen LogP contribution in [0, 0.1) is 0 Å². The van der Waals surface area contributed by atoms with Gasteiger partial charge in [-0.05, 0) is 35.4 Å². The molecule has 2 N–H and O–H groups in total. The Balaban J connectivity index is 1.60. The summed E-state index contributed by atoms with van der Waals surface area (Å²) in [5.74, 6) is -0.0259. The van der Waals surface area contributed by atoms with Gasteiger partial charge in [-0.1, -0.05) is 29.8 Å². The van der Waals surface area contributed by atoms with E-state index in [0.717, 1.165) is 22.2 Å². The van der Waals surface area contributed by atoms with Crippen LogP contribution < -0.4 is 5.32 Å². The second-order valence-electron chi connectivity index (χ2n) is 4.84. The molecule has 4 nitrogen and oxygen atoms in total. The maximum atomic E-state index is 11.9. The van der Waals surface area contributed by atoms with Crippen molar-refractivity contribution in [2.75, 3.05) is 0 Å². The SMILES string of the molecule is O=C(Cc1cccc(Cl)c1)NCc1ccc2nc[nH]c2c1. The van der Waals surface area contributed by atoms with Gasteiger partial charge in [-0.25, -0.2) is 4.98 Å². The number of carbonyl (C=O) groups excluding carboxylic acids is 1. The average Bonchev–Trinajstić information content (AvgIpc) is 2.92. The van der Waals surface area contributed by atoms with Crippen LogP contribution in [0.15, 0.2) is 48.8 Å². The van der Waals surface area contributed by atoms with Crippen molar-refractivity contribution in [2.24, 2.45) is 0 Å². The van der Waals surface area contributed by atoms with Crippen LogP contribution in [0.5, 0.6) is 0 Å². The van der Waals surface area contributed by atoms with E-state index < -0.39 is 0 Å². The maximum absolute atomic E-state index is 11.9. The van der Waals surface area contributed by atoms with Crippen molar-refractivity contribution in [3.8, 4) is 0 Å². The molecule has 0 fully saturated rings. The first-order valence-electron chi connectivity index (χ1n) is 6.64. The summed E-state index contributed by atoms with van der Waals surface area (Å²) in [5.41, 5.74) is 3.83. The predicted octanol–water partition coefficient (Wildman–Crippen LogP) is 3.08. The Morgan fingerprint density at radius 1 is 1.19 bits per heavy atom. The number of rotatable bonds is 4. The van der Waals surface area contributed by atoms with E-state index in [1.165, 1.54) is 0 Å². The standard InChI is InChI=1S/C16H14ClN3O/c17-13-3-1-2-11(6-13)8-16(21)18-9-12-4-5-14-15(7-12)20-10-19-14/h1-7,10H,8-9H2,(H,18,21)(H,19,20). The Morgan fingerprint density at radius 2 is 2.10 bits per heavy atom. The lowest BCUT2D eigenvalue weighted by Crippen LogP contribution is -2.24. The maximum Gasteiger partial charge on any atom is 0.224 e. The highest BCUT2D eigenvalue weighted by molar-refractivity contribution is 6.30. The first-order valence-corrected chi connectivity index (χ1v) is 7.02. The van der Waals surface area contributed by atoms with E-state index in [-0.39, 0.29) is 5.91 Å². The zero-order valence-electron chi connectivity index (χ0n) is 11.3. The summed E-state index contributed by atoms with van der Waals surface area (Å²) in [7, 11) is 0. The monoisotopic (exact) mass is 299 g/mol. The van der Waals surface area contributed by atoms with Crippen LogP contribution in [0.25, 0.3) is 11.0 Å². The van der Waals surface area contributed by atoms with E-state index >= 15 is 0 Å². The summed E-state index contributed by atoms with van der Waals surface area (Å²) >= 11 is 5.90. The lowest BCUT2D eigenvalue weighted by atomic mass is 10.1. The number of H-pyrrole nitrogens is 1. The van der Waals surface area contributed by atoms with Crippen LogP contribution in [0.2, 0.25) is 5.02 Å². The molecule has 1 amide bonds. The summed E-state index contributed by atoms with van der Waals surface area (Å²) in [4.78, 5) is 19.2. The lowest BCUT2D eigenvalue weighted by molar-refractivity contribution is -0.120. The fourth-order valence-electron chi connectivity index (χ4n) is 2.19. The van der Waals surface area contributed by atoms with Crippen LogP contribution in [-0.2, 0) is 17.8 Å². The van der Waals surface area contributed by atoms with Crippen molar-refractivity contribution in [3.63, 3.8) is 0 Å². The Hall–Kier alpha value is -2.33. The Bertz CT molecular complexity index is 782. The largest absolute Gasteiger partial charge is 0.352 e. The molecule has 0 radical (unpaired) electrons. The summed E-state index contributed by atoms with van der Waals surface area (Å²) in [6, 6.07) is 13.2. The second-order valence-corrected chi connectivity index (χ2v) is 5.27. The van der Waals surface area contributed by atoms with Crippen LogP contribution in [-0.4, -0.2) is 15.9 Å². The van der Waals surface area contributed by atoms with Gasteiger partial charge in [0.05, 0.1) is 23.8 Å². The molecule has 0 saturated heterocycles. The Morgan fingerprint density at radius 3 is 2.95 bits per heavy atom. The van der Waals surface area contributed by atoms with Crippen LogP contribution in [0.1, 0.15) is 11.1 Å². The number of benzene rings is 2. The van der Waals surface area contributed by atoms with Crippen molar-refractivity contribution in [1.29, 1.82) is 0 Å². The second kappa shape index (κ2) is 5.97. The number of aromatic amines is 1. The molecule has 1 aromatic heterocycles. The van der Waals surface area contributed by atoms with Gasteiger partial charge in [0.15, 0.2) is 0 Å². The number of hydrogen-bond donors (Lipinski definition) is 2. The highest BCUT2D eigenvalue weighted by Crippen LogP contribution is 2.12. The molecular formula is C16H14ClN3O. The lowest BCUT2D eigenvalue weighted by Gasteiger charge is -2.06. The number of carbonyl (C=O) groups is 1. The van der Waals surface area contributed by atoms with Gasteiger partial charge < -0.3 is 10.3 Å². The highest BCUT2D eigenvalue weighted by atomic mass is 35.5. The molecule has 21 heavy (non-hydrogen) atoms. The molecule has 2 aromatic carbocycles. The smallest absolute Gasteiger partial charge is 0.224 e. The third-order valence-corrected chi connectivity index (χ3v) is 3.46. The summed E-state index contributed by atoms with van der Waals surface area (Å²) in [5, 5.41) is 3.55. The van der Waals surface area contributed by atoms with Crippen molar-refractivity contribution in [3.05, 3.63) is 64.9 Å². The molecule has 3 aromatic rings. The van der Waals surface area contributed by atoms with Crippen molar-refractivity contribution in [2.45, 2.75) is 13.0 Å². The molecule has 5 heteroatoms. The fraction of sp³-hybridized carbons (Fsp3) is 0.125. The molecule has 0 unspecified atom stereocenters. The third-order valence-electron chi connectivity index (χ3n) is 3.23. The third kappa shape index (κ3) is 3.41. The number of halogens is 1. The highest BCUT2D eigenvalue weighted by Gasteiger charge is 2.05. The quantitative estimate of drug-likeness (QED) is 0.778. The summed E-state index contributed by atoms with van der Waals surface area (Å²) < 4.78 is 0. The van der Waals surface area contributed by atoms with Gasteiger partial charge in [-0.3, -0.25) is 4.79 Å². The summed E-state index contributed by atoms with van der Waals surface area (Å²) in [6.07, 6.45) is 1.99. The molecule has 0 saturated carbocycles. The van der Waals surface area contributed by atoms with Gasteiger partial charge in [0.25, 0.3) is 0 Å². The van der Waals surface area contributed by atoms with E-state index in [0.29, 0.717) is 18.0 Å². The molecule has 0 bridgehead atoms. The zero-order valence-corrected chi connectivity index (χ0v) is 12.0. The number of nitrogens with one attached hydrogen (secondary N) is 2. The topological polar surface area (TPSA) is 57.8 Å². The predicted molar refractivity (Wildman–Crippen MR) is 83.1 cm³/mol. The van der Waals surface area contributed by atoms with Crippen molar-refractivity contribution < 1.29 is 4.79 Å². The molecule has 0 spiro atoms. The van der Waals surface area contributed by atoms with Gasteiger partial charge in [0.1, 0.15) is 0 Å². The Labute approximate surface area is 127 Å². The van der Waals surface area contributed by atoms with Crippen LogP contribution >= 0.6 is 11.6 Å². The number of hydrogen-bond acceptors (Lipinski definition) is 2. The Kier molecular flexibility index (Phi) is 3.88. The molecule has 3 rings (SSSR count). The number of imidazole rings is 1. The first-order chi connectivity index (χ1) is 10.2. The van der Waals surface area contributed by atoms with Gasteiger partial charge in [0, 0.05) is 11.6 Å². The van der Waals surface area contributed by atoms with E-state index in [1.54, 1.807) is 18.5 Å². The van der Waals surface area contributed by atoms with Crippen molar-refractivity contribution >= 4 is 28.5 Å². The van der Waals surface area contributed by atoms with E-state index in [9.17, 15) is 4.79 Å². The minimum Gasteiger partial charge on any atom is -0.352 e. The van der Waals surface area contributed by atoms with E-state index in [1.807, 2.05) is 30.3 Å². The minimum atomic E-state index is -0.0259. The van der Waals surface area contributed by atoms with Crippen molar-refractivity contribution in [1.82, 2.24) is 15.3 Å². The molecular weight excluding hydrogens is 286 g/mol. The number of amides is 1. The van der Waals surface area contributed by atoms with Gasteiger partial charge in [-0.2, -0.15) is 0 Å². The van der Waals surface area contributed by atoms with E-state index in [4.69, 9.17) is 11.6 Å². The van der Waals surface area contributed by atoms with E-state index in [2.05, 4.69) is 15.3 Å².